The maximum absolute atomic E-state index is 14.9. The summed E-state index contributed by atoms with van der Waals surface area (Å²) >= 11 is 0. The summed E-state index contributed by atoms with van der Waals surface area (Å²) in [5, 5.41) is 5.84. The number of urea groups is 1. The van der Waals surface area contributed by atoms with Crippen molar-refractivity contribution in [3.8, 4) is 0 Å². The Balaban J connectivity index is 1.60. The van der Waals surface area contributed by atoms with Crippen molar-refractivity contribution in [1.82, 2.24) is 20.4 Å². The average molecular weight is 563 g/mol. The van der Waals surface area contributed by atoms with E-state index < -0.39 is 22.7 Å². The Morgan fingerprint density at radius 1 is 0.878 bits per heavy atom. The fraction of sp³-hybridized carbons (Fsp3) is 0.375. The summed E-state index contributed by atoms with van der Waals surface area (Å²) < 4.78 is 34.6. The molecule has 5 rings (SSSR count). The van der Waals surface area contributed by atoms with Crippen LogP contribution in [-0.2, 0) is 15.8 Å². The zero-order valence-corrected chi connectivity index (χ0v) is 23.2. The van der Waals surface area contributed by atoms with E-state index in [0.717, 1.165) is 11.6 Å². The number of rotatable bonds is 8. The Morgan fingerprint density at radius 3 is 2.12 bits per heavy atom. The molecule has 0 saturated carbocycles. The first-order chi connectivity index (χ1) is 19.9. The molecule has 0 radical (unpaired) electrons. The normalized spacial score (nSPS) is 19.2. The highest BCUT2D eigenvalue weighted by Gasteiger charge is 2.51. The van der Waals surface area contributed by atoms with E-state index in [1.54, 1.807) is 19.2 Å². The van der Waals surface area contributed by atoms with Crippen molar-refractivity contribution in [3.63, 3.8) is 0 Å². The second kappa shape index (κ2) is 12.5. The van der Waals surface area contributed by atoms with Crippen LogP contribution in [0.2, 0.25) is 0 Å². The Morgan fingerprint density at radius 2 is 1.51 bits per heavy atom. The molecule has 0 aromatic heterocycles. The number of amides is 2. The maximum Gasteiger partial charge on any atom is 0.315 e. The van der Waals surface area contributed by atoms with Gasteiger partial charge in [0.2, 0.25) is 0 Å². The van der Waals surface area contributed by atoms with Gasteiger partial charge in [-0.3, -0.25) is 14.6 Å². The van der Waals surface area contributed by atoms with E-state index in [0.29, 0.717) is 63.4 Å². The van der Waals surface area contributed by atoms with Crippen LogP contribution in [0.4, 0.5) is 13.6 Å². The summed E-state index contributed by atoms with van der Waals surface area (Å²) in [5.74, 6) is -2.13. The molecule has 2 saturated heterocycles. The van der Waals surface area contributed by atoms with E-state index in [4.69, 9.17) is 4.74 Å². The molecule has 9 heteroatoms. The molecule has 2 N–H and O–H groups in total. The van der Waals surface area contributed by atoms with Crippen LogP contribution < -0.4 is 10.6 Å². The molecule has 1 atom stereocenters. The number of carbonyl (C=O) groups excluding carboxylic acids is 2. The number of Topliss-reactive ketones (excluding diaryl/α,β-unsaturated/α-hetero) is 1. The highest BCUT2D eigenvalue weighted by atomic mass is 19.2. The first-order valence-electron chi connectivity index (χ1n) is 14.0. The summed E-state index contributed by atoms with van der Waals surface area (Å²) in [6.45, 7) is 3.44. The zero-order chi connectivity index (χ0) is 28.9. The molecule has 7 nitrogen and oxygen atoms in total. The van der Waals surface area contributed by atoms with E-state index in [2.05, 4.69) is 20.4 Å². The molecule has 2 aliphatic heterocycles. The van der Waals surface area contributed by atoms with E-state index in [1.165, 1.54) is 12.1 Å². The Hall–Kier alpha value is -3.66. The molecule has 2 heterocycles. The Kier molecular flexibility index (Phi) is 8.77. The number of benzene rings is 3. The van der Waals surface area contributed by atoms with Gasteiger partial charge >= 0.3 is 6.03 Å². The molecule has 0 spiro atoms. The van der Waals surface area contributed by atoms with E-state index in [9.17, 15) is 18.4 Å². The summed E-state index contributed by atoms with van der Waals surface area (Å²) in [6, 6.07) is 22.3. The van der Waals surface area contributed by atoms with Gasteiger partial charge in [-0.25, -0.2) is 13.6 Å². The number of morpholine rings is 1. The first kappa shape index (κ1) is 28.9. The van der Waals surface area contributed by atoms with Crippen LogP contribution in [0.25, 0.3) is 0 Å². The second-order valence-corrected chi connectivity index (χ2v) is 10.7. The summed E-state index contributed by atoms with van der Waals surface area (Å²) in [6.07, 6.45) is 1.03. The number of hydrogen-bond acceptors (Lipinski definition) is 5. The minimum atomic E-state index is -1.30. The van der Waals surface area contributed by atoms with E-state index >= 15 is 0 Å². The monoisotopic (exact) mass is 562 g/mol. The first-order valence-corrected chi connectivity index (χ1v) is 14.0. The zero-order valence-electron chi connectivity index (χ0n) is 23.2. The van der Waals surface area contributed by atoms with Gasteiger partial charge in [0.1, 0.15) is 5.54 Å². The summed E-state index contributed by atoms with van der Waals surface area (Å²) in [4.78, 5) is 31.5. The van der Waals surface area contributed by atoms with Gasteiger partial charge in [-0.2, -0.15) is 0 Å². The molecule has 1 unspecified atom stereocenters. The summed E-state index contributed by atoms with van der Waals surface area (Å²) in [5.41, 5.74) is -0.0866. The lowest BCUT2D eigenvalue weighted by Crippen LogP contribution is -2.64. The van der Waals surface area contributed by atoms with Crippen LogP contribution in [0, 0.1) is 11.6 Å². The van der Waals surface area contributed by atoms with Crippen LogP contribution in [0.1, 0.15) is 34.3 Å². The molecule has 0 aliphatic carbocycles. The molecule has 3 aromatic rings. The smallest absolute Gasteiger partial charge is 0.315 e. The highest BCUT2D eigenvalue weighted by Crippen LogP contribution is 2.41. The Labute approximate surface area is 239 Å². The molecule has 216 valence electrons. The van der Waals surface area contributed by atoms with Gasteiger partial charge < -0.3 is 15.4 Å². The Bertz CT molecular complexity index is 1340. The van der Waals surface area contributed by atoms with Gasteiger partial charge in [0.05, 0.1) is 18.8 Å². The molecule has 3 aromatic carbocycles. The molecule has 2 amide bonds. The number of hydrogen-bond donors (Lipinski definition) is 2. The van der Waals surface area contributed by atoms with Crippen LogP contribution in [-0.4, -0.2) is 74.6 Å². The predicted molar refractivity (Wildman–Crippen MR) is 153 cm³/mol. The average Bonchev–Trinajstić information content (AvgIpc) is 3.02. The van der Waals surface area contributed by atoms with Gasteiger partial charge in [0.15, 0.2) is 17.4 Å². The van der Waals surface area contributed by atoms with Crippen molar-refractivity contribution in [3.05, 3.63) is 107 Å². The number of ether oxygens (including phenoxy) is 1. The maximum atomic E-state index is 14.9. The fourth-order valence-electron chi connectivity index (χ4n) is 6.18. The molecular weight excluding hydrogens is 526 g/mol. The lowest BCUT2D eigenvalue weighted by atomic mass is 9.75. The van der Waals surface area contributed by atoms with Gasteiger partial charge in [0.25, 0.3) is 0 Å². The van der Waals surface area contributed by atoms with Crippen molar-refractivity contribution in [1.29, 1.82) is 0 Å². The molecule has 41 heavy (non-hydrogen) atoms. The van der Waals surface area contributed by atoms with Crippen molar-refractivity contribution < 1.29 is 23.1 Å². The van der Waals surface area contributed by atoms with Crippen molar-refractivity contribution in [2.75, 3.05) is 53.0 Å². The fourth-order valence-corrected chi connectivity index (χ4v) is 6.18. The summed E-state index contributed by atoms with van der Waals surface area (Å²) in [7, 11) is 1.58. The van der Waals surface area contributed by atoms with Crippen LogP contribution >= 0.6 is 0 Å². The number of piperidine rings is 1. The van der Waals surface area contributed by atoms with E-state index in [1.807, 2.05) is 48.5 Å². The second-order valence-electron chi connectivity index (χ2n) is 10.7. The number of carbonyl (C=O) groups is 2. The largest absolute Gasteiger partial charge is 0.379 e. The molecule has 0 bridgehead atoms. The number of likely N-dealkylation sites (tertiary alicyclic amines) is 1. The highest BCUT2D eigenvalue weighted by molar-refractivity contribution is 6.04. The third-order valence-electron chi connectivity index (χ3n) is 8.43. The molecule has 2 aliphatic rings. The topological polar surface area (TPSA) is 73.9 Å². The van der Waals surface area contributed by atoms with Crippen molar-refractivity contribution >= 4 is 11.8 Å². The number of nitrogens with zero attached hydrogens (tertiary/aromatic N) is 2. The SMILES string of the molecule is CNC(=O)NC1(c2ccccc2)CCN(C(CN2CCOCC2)(C(=O)c2ccccc2)c2ccc(F)c(F)c2)CC1. The third kappa shape index (κ3) is 5.88. The standard InChI is InChI=1S/C32H36F2N4O3/c1-35-30(40)36-31(25-10-6-3-7-11-25)14-16-38(17-15-31)32(23-37-18-20-41-21-19-37,26-12-13-27(33)28(34)22-26)29(39)24-8-4-2-5-9-24/h2-13,22H,14-21,23H2,1H3,(H2,35,36,40). The quantitative estimate of drug-likeness (QED) is 0.401. The lowest BCUT2D eigenvalue weighted by molar-refractivity contribution is -0.0167. The predicted octanol–water partition coefficient (Wildman–Crippen LogP) is 4.30. The van der Waals surface area contributed by atoms with Crippen molar-refractivity contribution in [2.24, 2.45) is 0 Å². The number of nitrogens with one attached hydrogen (secondary N) is 2. The van der Waals surface area contributed by atoms with Crippen LogP contribution in [0.3, 0.4) is 0 Å². The van der Waals surface area contributed by atoms with Gasteiger partial charge in [0, 0.05) is 45.3 Å². The van der Waals surface area contributed by atoms with Gasteiger partial charge in [-0.05, 0) is 36.1 Å². The molecular formula is C32H36F2N4O3. The van der Waals surface area contributed by atoms with E-state index in [-0.39, 0.29) is 18.4 Å². The minimum Gasteiger partial charge on any atom is -0.379 e. The number of ketones is 1. The number of halogens is 2. The third-order valence-corrected chi connectivity index (χ3v) is 8.43. The van der Waals surface area contributed by atoms with Gasteiger partial charge in [-0.1, -0.05) is 66.7 Å². The van der Waals surface area contributed by atoms with Gasteiger partial charge in [-0.15, -0.1) is 0 Å². The van der Waals surface area contributed by atoms with Crippen molar-refractivity contribution in [2.45, 2.75) is 23.9 Å². The minimum absolute atomic E-state index is 0.179. The van der Waals surface area contributed by atoms with Crippen LogP contribution in [0.5, 0.6) is 0 Å². The lowest BCUT2D eigenvalue weighted by Gasteiger charge is -2.51. The van der Waals surface area contributed by atoms with Crippen LogP contribution in [0.15, 0.2) is 78.9 Å². The molecule has 2 fully saturated rings.